The summed E-state index contributed by atoms with van der Waals surface area (Å²) in [6.07, 6.45) is 2.57. The van der Waals surface area contributed by atoms with Crippen LogP contribution in [0.3, 0.4) is 0 Å². The van der Waals surface area contributed by atoms with E-state index in [0.29, 0.717) is 29.7 Å². The van der Waals surface area contributed by atoms with Crippen molar-refractivity contribution in [2.24, 2.45) is 5.92 Å². The molecule has 1 heterocycles. The van der Waals surface area contributed by atoms with Gasteiger partial charge in [0.05, 0.1) is 38.4 Å². The summed E-state index contributed by atoms with van der Waals surface area (Å²) in [5.74, 6) is -1.87. The summed E-state index contributed by atoms with van der Waals surface area (Å²) in [6, 6.07) is 7.16. The van der Waals surface area contributed by atoms with Crippen LogP contribution in [-0.2, 0) is 23.9 Å². The molecule has 1 N–H and O–H groups in total. The molecule has 0 radical (unpaired) electrons. The number of hydrogen-bond donors (Lipinski definition) is 1. The van der Waals surface area contributed by atoms with E-state index in [2.05, 4.69) is 10.2 Å². The molecule has 2 rings (SSSR count). The average Bonchev–Trinajstić information content (AvgIpc) is 2.75. The lowest BCUT2D eigenvalue weighted by Gasteiger charge is -2.42. The number of carbonyl (C=O) groups excluding carboxylic acids is 2. The lowest BCUT2D eigenvalue weighted by atomic mass is 9.69. The van der Waals surface area contributed by atoms with Crippen molar-refractivity contribution in [1.29, 1.82) is 0 Å². The van der Waals surface area contributed by atoms with Gasteiger partial charge in [-0.3, -0.25) is 4.79 Å². The van der Waals surface area contributed by atoms with Crippen LogP contribution in [0.1, 0.15) is 45.1 Å². The standard InChI is InChI=1S/C22H30N2O8/c1-5-30-20(25)16-14-23-22(2,3)19(21(26)29-4)18(16)15-10-6-7-11-17(15)31-12-8-9-13-32-24(27)28/h6-7,10-11,14,18-19,23H,5,8-9,12-13H2,1-4H3. The van der Waals surface area contributed by atoms with Gasteiger partial charge in [-0.2, -0.15) is 0 Å². The van der Waals surface area contributed by atoms with E-state index in [1.807, 2.05) is 13.8 Å². The number of ether oxygens (including phenoxy) is 3. The first-order valence-electron chi connectivity index (χ1n) is 10.4. The number of para-hydroxylation sites is 1. The van der Waals surface area contributed by atoms with E-state index in [4.69, 9.17) is 14.2 Å². The number of esters is 2. The predicted octanol–water partition coefficient (Wildman–Crippen LogP) is 2.76. The van der Waals surface area contributed by atoms with Crippen molar-refractivity contribution in [2.75, 3.05) is 26.9 Å². The van der Waals surface area contributed by atoms with Crippen molar-refractivity contribution in [3.8, 4) is 5.75 Å². The second-order valence-electron chi connectivity index (χ2n) is 7.81. The van der Waals surface area contributed by atoms with Gasteiger partial charge < -0.3 is 24.4 Å². The van der Waals surface area contributed by atoms with Gasteiger partial charge in [-0.1, -0.05) is 18.2 Å². The van der Waals surface area contributed by atoms with Crippen molar-refractivity contribution < 1.29 is 33.7 Å². The van der Waals surface area contributed by atoms with Crippen molar-refractivity contribution in [3.63, 3.8) is 0 Å². The van der Waals surface area contributed by atoms with Gasteiger partial charge in [-0.25, -0.2) is 4.79 Å². The molecule has 10 nitrogen and oxygen atoms in total. The van der Waals surface area contributed by atoms with Crippen LogP contribution >= 0.6 is 0 Å². The monoisotopic (exact) mass is 450 g/mol. The number of nitrogens with one attached hydrogen (secondary N) is 1. The number of rotatable bonds is 11. The maximum atomic E-state index is 12.8. The van der Waals surface area contributed by atoms with Crippen LogP contribution < -0.4 is 10.1 Å². The van der Waals surface area contributed by atoms with Crippen molar-refractivity contribution in [2.45, 2.75) is 45.1 Å². The molecule has 0 spiro atoms. The molecule has 0 fully saturated rings. The number of benzene rings is 1. The zero-order valence-electron chi connectivity index (χ0n) is 18.8. The summed E-state index contributed by atoms with van der Waals surface area (Å²) in [6.45, 7) is 5.90. The van der Waals surface area contributed by atoms with Crippen LogP contribution in [-0.4, -0.2) is 49.5 Å². The minimum Gasteiger partial charge on any atom is -0.493 e. The second kappa shape index (κ2) is 11.4. The molecule has 2 atom stereocenters. The summed E-state index contributed by atoms with van der Waals surface area (Å²) in [5.41, 5.74) is 0.246. The molecule has 10 heteroatoms. The van der Waals surface area contributed by atoms with E-state index < -0.39 is 34.4 Å². The first-order chi connectivity index (χ1) is 15.2. The smallest absolute Gasteiger partial charge is 0.336 e. The largest absolute Gasteiger partial charge is 0.493 e. The molecule has 1 aromatic carbocycles. The zero-order chi connectivity index (χ0) is 23.7. The predicted molar refractivity (Wildman–Crippen MR) is 114 cm³/mol. The Labute approximate surface area is 187 Å². The summed E-state index contributed by atoms with van der Waals surface area (Å²) >= 11 is 0. The highest BCUT2D eigenvalue weighted by Gasteiger charge is 2.49. The maximum Gasteiger partial charge on any atom is 0.336 e. The highest BCUT2D eigenvalue weighted by Crippen LogP contribution is 2.45. The fourth-order valence-corrected chi connectivity index (χ4v) is 3.74. The van der Waals surface area contributed by atoms with Crippen LogP contribution in [0.2, 0.25) is 0 Å². The Hall–Kier alpha value is -3.30. The fraction of sp³-hybridized carbons (Fsp3) is 0.545. The number of unbranched alkanes of at least 4 members (excludes halogenated alkanes) is 1. The van der Waals surface area contributed by atoms with Gasteiger partial charge in [0.25, 0.3) is 5.09 Å². The molecular formula is C22H30N2O8. The zero-order valence-corrected chi connectivity index (χ0v) is 18.8. The first-order valence-corrected chi connectivity index (χ1v) is 10.4. The SMILES string of the molecule is CCOC(=O)C1=CNC(C)(C)C(C(=O)OC)C1c1ccccc1OCCCCO[N+](=O)[O-]. The Kier molecular flexibility index (Phi) is 8.86. The van der Waals surface area contributed by atoms with Crippen LogP contribution in [0.4, 0.5) is 0 Å². The third kappa shape index (κ3) is 6.12. The number of methoxy groups -OCH3 is 1. The molecular weight excluding hydrogens is 420 g/mol. The van der Waals surface area contributed by atoms with E-state index in [0.717, 1.165) is 0 Å². The van der Waals surface area contributed by atoms with Gasteiger partial charge in [0.15, 0.2) is 0 Å². The molecule has 0 aromatic heterocycles. The Bertz CT molecular complexity index is 852. The van der Waals surface area contributed by atoms with E-state index in [-0.39, 0.29) is 19.8 Å². The fourth-order valence-electron chi connectivity index (χ4n) is 3.74. The highest BCUT2D eigenvalue weighted by molar-refractivity contribution is 5.93. The third-order valence-electron chi connectivity index (χ3n) is 5.26. The molecule has 2 unspecified atom stereocenters. The summed E-state index contributed by atoms with van der Waals surface area (Å²) < 4.78 is 16.3. The number of hydrogen-bond acceptors (Lipinski definition) is 9. The normalized spacial score (nSPS) is 19.2. The molecule has 0 bridgehead atoms. The van der Waals surface area contributed by atoms with Crippen LogP contribution in [0.5, 0.6) is 5.75 Å². The van der Waals surface area contributed by atoms with Crippen molar-refractivity contribution >= 4 is 11.9 Å². The Morgan fingerprint density at radius 1 is 1.19 bits per heavy atom. The molecule has 32 heavy (non-hydrogen) atoms. The van der Waals surface area contributed by atoms with Crippen LogP contribution in [0, 0.1) is 16.0 Å². The van der Waals surface area contributed by atoms with Gasteiger partial charge in [0.1, 0.15) is 5.75 Å². The lowest BCUT2D eigenvalue weighted by molar-refractivity contribution is -0.757. The van der Waals surface area contributed by atoms with Gasteiger partial charge in [0, 0.05) is 23.2 Å². The minimum absolute atomic E-state index is 0.0132. The van der Waals surface area contributed by atoms with Crippen molar-refractivity contribution in [1.82, 2.24) is 5.32 Å². The van der Waals surface area contributed by atoms with Crippen LogP contribution in [0.25, 0.3) is 0 Å². The Morgan fingerprint density at radius 2 is 1.88 bits per heavy atom. The summed E-state index contributed by atoms with van der Waals surface area (Å²) in [5, 5.41) is 12.5. The van der Waals surface area contributed by atoms with E-state index in [9.17, 15) is 19.7 Å². The summed E-state index contributed by atoms with van der Waals surface area (Å²) in [7, 11) is 1.31. The summed E-state index contributed by atoms with van der Waals surface area (Å²) in [4.78, 5) is 40.1. The Morgan fingerprint density at radius 3 is 2.53 bits per heavy atom. The van der Waals surface area contributed by atoms with E-state index in [1.165, 1.54) is 7.11 Å². The molecule has 0 aliphatic carbocycles. The Balaban J connectivity index is 2.35. The average molecular weight is 450 g/mol. The van der Waals surface area contributed by atoms with Gasteiger partial charge in [-0.05, 0) is 39.7 Å². The van der Waals surface area contributed by atoms with Crippen LogP contribution in [0.15, 0.2) is 36.0 Å². The molecule has 0 amide bonds. The molecule has 176 valence electrons. The molecule has 0 saturated carbocycles. The van der Waals surface area contributed by atoms with Crippen molar-refractivity contribution in [3.05, 3.63) is 51.7 Å². The maximum absolute atomic E-state index is 12.8. The van der Waals surface area contributed by atoms with E-state index in [1.54, 1.807) is 37.4 Å². The minimum atomic E-state index is -0.828. The second-order valence-corrected chi connectivity index (χ2v) is 7.81. The van der Waals surface area contributed by atoms with Gasteiger partial charge in [0.2, 0.25) is 0 Å². The molecule has 1 aliphatic heterocycles. The molecule has 1 aliphatic rings. The number of nitrogens with zero attached hydrogens (tertiary/aromatic N) is 1. The highest BCUT2D eigenvalue weighted by atomic mass is 16.9. The van der Waals surface area contributed by atoms with Gasteiger partial charge >= 0.3 is 11.9 Å². The van der Waals surface area contributed by atoms with Gasteiger partial charge in [-0.15, -0.1) is 10.1 Å². The third-order valence-corrected chi connectivity index (χ3v) is 5.26. The lowest BCUT2D eigenvalue weighted by Crippen LogP contribution is -2.54. The molecule has 0 saturated heterocycles. The quantitative estimate of drug-likeness (QED) is 0.234. The van der Waals surface area contributed by atoms with E-state index >= 15 is 0 Å². The first kappa shape index (κ1) is 25.0. The molecule has 1 aromatic rings. The number of carbonyl (C=O) groups is 2. The topological polar surface area (TPSA) is 126 Å².